The molecule has 1 aliphatic carbocycles. The molecule has 0 fully saturated rings. The SMILES string of the molecule is N=C1/C(=N\S)C=Cc2c(-c3ccc(-c4ccc(-n5c(-c6ccccc6)nc6ccccc65)cc4)cc3)nc3ccccc3c21. The van der Waals surface area contributed by atoms with Crippen molar-refractivity contribution >= 4 is 52.3 Å². The average molecular weight is 584 g/mol. The van der Waals surface area contributed by atoms with Crippen molar-refractivity contribution < 1.29 is 0 Å². The van der Waals surface area contributed by atoms with Crippen molar-refractivity contribution in [3.8, 4) is 39.5 Å². The number of hydrogen-bond donors (Lipinski definition) is 2. The molecule has 0 aliphatic heterocycles. The summed E-state index contributed by atoms with van der Waals surface area (Å²) < 4.78 is 6.24. The van der Waals surface area contributed by atoms with Crippen molar-refractivity contribution in [1.82, 2.24) is 14.5 Å². The van der Waals surface area contributed by atoms with Crippen LogP contribution in [0.5, 0.6) is 0 Å². The lowest BCUT2D eigenvalue weighted by Gasteiger charge is -2.19. The van der Waals surface area contributed by atoms with Gasteiger partial charge in [0.15, 0.2) is 0 Å². The number of pyridine rings is 1. The summed E-state index contributed by atoms with van der Waals surface area (Å²) in [6.07, 6.45) is 3.83. The molecule has 1 aliphatic rings. The second-order valence-electron chi connectivity index (χ2n) is 10.7. The number of rotatable bonds is 4. The van der Waals surface area contributed by atoms with Gasteiger partial charge in [-0.2, -0.15) is 0 Å². The highest BCUT2D eigenvalue weighted by atomic mass is 32.1. The minimum absolute atomic E-state index is 0.357. The molecular formula is C38H25N5S. The molecule has 0 saturated heterocycles. The molecule has 5 aromatic carbocycles. The van der Waals surface area contributed by atoms with Crippen molar-refractivity contribution in [2.24, 2.45) is 4.40 Å². The predicted octanol–water partition coefficient (Wildman–Crippen LogP) is 9.26. The Kier molecular flexibility index (Phi) is 6.28. The number of aromatic nitrogens is 3. The highest BCUT2D eigenvalue weighted by Gasteiger charge is 2.23. The predicted molar refractivity (Wildman–Crippen MR) is 185 cm³/mol. The highest BCUT2D eigenvalue weighted by molar-refractivity contribution is 7.79. The van der Waals surface area contributed by atoms with Gasteiger partial charge in [0.2, 0.25) is 0 Å². The van der Waals surface area contributed by atoms with E-state index in [2.05, 4.69) is 101 Å². The number of fused-ring (bicyclic) bond motifs is 4. The average Bonchev–Trinajstić information content (AvgIpc) is 3.48. The van der Waals surface area contributed by atoms with Gasteiger partial charge in [-0.1, -0.05) is 97.1 Å². The molecular weight excluding hydrogens is 559 g/mol. The molecule has 6 heteroatoms. The number of nitrogens with zero attached hydrogens (tertiary/aromatic N) is 4. The quantitative estimate of drug-likeness (QED) is 0.203. The molecule has 0 amide bonds. The Bertz CT molecular complexity index is 2280. The monoisotopic (exact) mass is 583 g/mol. The van der Waals surface area contributed by atoms with Crippen LogP contribution in [0.15, 0.2) is 138 Å². The van der Waals surface area contributed by atoms with Crippen LogP contribution in [0, 0.1) is 5.41 Å². The van der Waals surface area contributed by atoms with Crippen LogP contribution in [0.3, 0.4) is 0 Å². The van der Waals surface area contributed by atoms with Gasteiger partial charge in [-0.25, -0.2) is 14.4 Å². The maximum absolute atomic E-state index is 8.83. The van der Waals surface area contributed by atoms with Crippen LogP contribution in [0.2, 0.25) is 0 Å². The van der Waals surface area contributed by atoms with Crippen molar-refractivity contribution in [1.29, 1.82) is 5.41 Å². The van der Waals surface area contributed by atoms with Crippen LogP contribution >= 0.6 is 12.8 Å². The molecule has 0 spiro atoms. The summed E-state index contributed by atoms with van der Waals surface area (Å²) in [5.74, 6) is 0.921. The van der Waals surface area contributed by atoms with E-state index >= 15 is 0 Å². The van der Waals surface area contributed by atoms with Crippen molar-refractivity contribution in [2.45, 2.75) is 0 Å². The maximum Gasteiger partial charge on any atom is 0.145 e. The van der Waals surface area contributed by atoms with Gasteiger partial charge in [0.1, 0.15) is 5.82 Å². The van der Waals surface area contributed by atoms with E-state index in [4.69, 9.17) is 15.4 Å². The number of para-hydroxylation sites is 3. The topological polar surface area (TPSA) is 66.9 Å². The van der Waals surface area contributed by atoms with Crippen LogP contribution in [-0.4, -0.2) is 26.0 Å². The first kappa shape index (κ1) is 26.1. The van der Waals surface area contributed by atoms with Gasteiger partial charge in [-0.15, -0.1) is 0 Å². The number of thiol groups is 1. The van der Waals surface area contributed by atoms with Crippen LogP contribution in [0.4, 0.5) is 0 Å². The largest absolute Gasteiger partial charge is 0.298 e. The Labute approximate surface area is 260 Å². The van der Waals surface area contributed by atoms with E-state index in [-0.39, 0.29) is 0 Å². The van der Waals surface area contributed by atoms with Crippen LogP contribution in [-0.2, 0) is 0 Å². The zero-order valence-corrected chi connectivity index (χ0v) is 24.4. The van der Waals surface area contributed by atoms with E-state index in [0.717, 1.165) is 72.5 Å². The Morgan fingerprint density at radius 3 is 1.98 bits per heavy atom. The third kappa shape index (κ3) is 4.27. The van der Waals surface area contributed by atoms with E-state index < -0.39 is 0 Å². The number of hydrogen-bond acceptors (Lipinski definition) is 5. The fourth-order valence-corrected chi connectivity index (χ4v) is 6.19. The van der Waals surface area contributed by atoms with Gasteiger partial charge >= 0.3 is 0 Å². The maximum atomic E-state index is 8.83. The minimum atomic E-state index is 0.357. The first-order valence-electron chi connectivity index (χ1n) is 14.4. The molecule has 1 N–H and O–H groups in total. The molecule has 208 valence electrons. The number of imidazole rings is 1. The fourth-order valence-electron chi connectivity index (χ4n) is 6.03. The van der Waals surface area contributed by atoms with Crippen molar-refractivity contribution in [2.75, 3.05) is 0 Å². The van der Waals surface area contributed by atoms with Crippen molar-refractivity contribution in [3.63, 3.8) is 0 Å². The number of nitrogens with one attached hydrogen (secondary N) is 1. The molecule has 8 rings (SSSR count). The van der Waals surface area contributed by atoms with Crippen molar-refractivity contribution in [3.05, 3.63) is 145 Å². The zero-order valence-electron chi connectivity index (χ0n) is 23.5. The van der Waals surface area contributed by atoms with E-state index in [9.17, 15) is 0 Å². The number of benzene rings is 5. The normalized spacial score (nSPS) is 13.6. The zero-order chi connectivity index (χ0) is 29.6. The van der Waals surface area contributed by atoms with Gasteiger partial charge in [0.25, 0.3) is 0 Å². The first-order chi connectivity index (χ1) is 21.7. The number of allylic oxidation sites excluding steroid dienone is 1. The molecule has 7 aromatic rings. The summed E-state index contributed by atoms with van der Waals surface area (Å²) in [5, 5.41) is 9.76. The molecule has 0 unspecified atom stereocenters. The molecule has 0 atom stereocenters. The summed E-state index contributed by atoms with van der Waals surface area (Å²) in [6.45, 7) is 0. The molecule has 5 nitrogen and oxygen atoms in total. The molecule has 44 heavy (non-hydrogen) atoms. The first-order valence-corrected chi connectivity index (χ1v) is 14.8. The van der Waals surface area contributed by atoms with Gasteiger partial charge in [-0.05, 0) is 66.4 Å². The highest BCUT2D eigenvalue weighted by Crippen LogP contribution is 2.35. The Balaban J connectivity index is 1.17. The minimum Gasteiger partial charge on any atom is -0.298 e. The van der Waals surface area contributed by atoms with Crippen LogP contribution < -0.4 is 0 Å². The molecule has 0 saturated carbocycles. The van der Waals surface area contributed by atoms with E-state index in [0.29, 0.717) is 11.4 Å². The Morgan fingerprint density at radius 2 is 1.23 bits per heavy atom. The lowest BCUT2D eigenvalue weighted by molar-refractivity contribution is 1.10. The second-order valence-corrected chi connectivity index (χ2v) is 10.9. The molecule has 0 radical (unpaired) electrons. The van der Waals surface area contributed by atoms with Gasteiger partial charge in [0, 0.05) is 33.3 Å². The lowest BCUT2D eigenvalue weighted by Crippen LogP contribution is -2.18. The third-order valence-electron chi connectivity index (χ3n) is 8.16. The van der Waals surface area contributed by atoms with Gasteiger partial charge < -0.3 is 0 Å². The standard InChI is InChI=1S/C38H25N5S/c39-36-33(42-44)23-22-30-35(36)29-10-4-5-11-31(29)40-37(30)26-16-14-24(15-17-26)25-18-20-28(21-19-25)43-34-13-7-6-12-32(34)41-38(43)27-8-2-1-3-9-27/h1-23,39,44H/b39-36?,42-33-. The third-order valence-corrected chi connectivity index (χ3v) is 8.38. The van der Waals surface area contributed by atoms with E-state index in [1.807, 2.05) is 60.7 Å². The fraction of sp³-hybridized carbons (Fsp3) is 0. The van der Waals surface area contributed by atoms with E-state index in [1.54, 1.807) is 0 Å². The lowest BCUT2D eigenvalue weighted by atomic mass is 9.88. The molecule has 2 aromatic heterocycles. The van der Waals surface area contributed by atoms with Crippen LogP contribution in [0.25, 0.3) is 67.5 Å². The summed E-state index contributed by atoms with van der Waals surface area (Å²) in [4.78, 5) is 10.00. The Hall–Kier alpha value is -5.59. The smallest absolute Gasteiger partial charge is 0.145 e. The molecule has 2 heterocycles. The Morgan fingerprint density at radius 1 is 0.591 bits per heavy atom. The summed E-state index contributed by atoms with van der Waals surface area (Å²) >= 11 is 4.09. The second kappa shape index (κ2) is 10.6. The van der Waals surface area contributed by atoms with Gasteiger partial charge in [0.05, 0.1) is 33.7 Å². The molecule has 0 bridgehead atoms. The summed E-state index contributed by atoms with van der Waals surface area (Å²) in [5.41, 5.74) is 11.8. The van der Waals surface area contributed by atoms with E-state index in [1.165, 1.54) is 0 Å². The summed E-state index contributed by atoms with van der Waals surface area (Å²) in [6, 6.07) is 43.6. The van der Waals surface area contributed by atoms with Crippen LogP contribution in [0.1, 0.15) is 11.1 Å². The summed E-state index contributed by atoms with van der Waals surface area (Å²) in [7, 11) is 0. The van der Waals surface area contributed by atoms with Gasteiger partial charge in [-0.3, -0.25) is 9.98 Å².